The third-order valence-electron chi connectivity index (χ3n) is 4.78. The molecule has 102 valence electrons. The highest BCUT2D eigenvalue weighted by atomic mass is 16.5. The number of carbonyl (C=O) groups is 1. The van der Waals surface area contributed by atoms with E-state index in [1.54, 1.807) is 0 Å². The van der Waals surface area contributed by atoms with Gasteiger partial charge in [0.15, 0.2) is 0 Å². The van der Waals surface area contributed by atoms with Crippen LogP contribution in [0.4, 0.5) is 5.69 Å². The van der Waals surface area contributed by atoms with Crippen LogP contribution in [0, 0.1) is 18.8 Å². The maximum Gasteiger partial charge on any atom is 0.331 e. The van der Waals surface area contributed by atoms with Crippen LogP contribution in [0.3, 0.4) is 0 Å². The molecule has 1 aromatic carbocycles. The number of anilines is 1. The van der Waals surface area contributed by atoms with E-state index in [0.717, 1.165) is 24.9 Å². The second-order valence-electron chi connectivity index (χ2n) is 6.04. The molecule has 2 aliphatic rings. The molecule has 2 saturated carbocycles. The molecule has 2 fully saturated rings. The summed E-state index contributed by atoms with van der Waals surface area (Å²) >= 11 is 0. The van der Waals surface area contributed by atoms with Gasteiger partial charge in [-0.05, 0) is 62.1 Å². The lowest BCUT2D eigenvalue weighted by atomic mass is 9.80. The van der Waals surface area contributed by atoms with Crippen LogP contribution >= 0.6 is 0 Å². The maximum absolute atomic E-state index is 12.3. The van der Waals surface area contributed by atoms with E-state index in [-0.39, 0.29) is 5.97 Å². The van der Waals surface area contributed by atoms with E-state index < -0.39 is 5.54 Å². The quantitative estimate of drug-likeness (QED) is 0.847. The van der Waals surface area contributed by atoms with Crippen LogP contribution in [-0.4, -0.2) is 18.6 Å². The van der Waals surface area contributed by atoms with Crippen LogP contribution in [0.5, 0.6) is 0 Å². The van der Waals surface area contributed by atoms with E-state index in [4.69, 9.17) is 4.74 Å². The number of fused-ring (bicyclic) bond motifs is 2. The van der Waals surface area contributed by atoms with Gasteiger partial charge in [0.1, 0.15) is 5.54 Å². The van der Waals surface area contributed by atoms with Crippen molar-refractivity contribution in [2.45, 2.75) is 38.1 Å². The molecule has 2 aliphatic carbocycles. The first kappa shape index (κ1) is 12.5. The second-order valence-corrected chi connectivity index (χ2v) is 6.04. The van der Waals surface area contributed by atoms with Crippen molar-refractivity contribution in [2.24, 2.45) is 11.8 Å². The van der Waals surface area contributed by atoms with Gasteiger partial charge >= 0.3 is 5.97 Å². The lowest BCUT2D eigenvalue weighted by molar-refractivity contribution is -0.148. The van der Waals surface area contributed by atoms with Gasteiger partial charge in [-0.1, -0.05) is 12.1 Å². The average Bonchev–Trinajstić information content (AvgIpc) is 2.98. The first-order chi connectivity index (χ1) is 9.14. The highest BCUT2D eigenvalue weighted by Crippen LogP contribution is 2.52. The smallest absolute Gasteiger partial charge is 0.331 e. The number of methoxy groups -OCH3 is 1. The average molecular weight is 259 g/mol. The number of nitrogens with one attached hydrogen (secondary N) is 1. The Hall–Kier alpha value is -1.51. The van der Waals surface area contributed by atoms with Gasteiger partial charge in [0.2, 0.25) is 0 Å². The van der Waals surface area contributed by atoms with Gasteiger partial charge in [0.05, 0.1) is 7.11 Å². The Morgan fingerprint density at radius 1 is 1.42 bits per heavy atom. The maximum atomic E-state index is 12.3. The highest BCUT2D eigenvalue weighted by Gasteiger charge is 2.56. The van der Waals surface area contributed by atoms with Crippen molar-refractivity contribution >= 4 is 11.7 Å². The number of rotatable bonds is 3. The Labute approximate surface area is 114 Å². The normalized spacial score (nSPS) is 32.3. The molecule has 0 spiro atoms. The predicted molar refractivity (Wildman–Crippen MR) is 75.0 cm³/mol. The molecule has 3 heteroatoms. The molecule has 0 aromatic heterocycles. The summed E-state index contributed by atoms with van der Waals surface area (Å²) in [5.41, 5.74) is 1.73. The summed E-state index contributed by atoms with van der Waals surface area (Å²) in [6, 6.07) is 8.22. The number of hydrogen-bond acceptors (Lipinski definition) is 3. The summed E-state index contributed by atoms with van der Waals surface area (Å²) < 4.78 is 5.09. The van der Waals surface area contributed by atoms with Gasteiger partial charge < -0.3 is 10.1 Å². The van der Waals surface area contributed by atoms with Gasteiger partial charge in [0.25, 0.3) is 0 Å². The molecular weight excluding hydrogens is 238 g/mol. The van der Waals surface area contributed by atoms with Crippen LogP contribution in [-0.2, 0) is 9.53 Å². The standard InChI is InChI=1S/C16H21NO2/c1-11-4-3-5-14(8-11)17-16(15(18)19-2)10-12-6-7-13(16)9-12/h3-5,8,12-13,17H,6-7,9-10H2,1-2H3. The minimum Gasteiger partial charge on any atom is -0.467 e. The van der Waals surface area contributed by atoms with E-state index in [0.29, 0.717) is 11.8 Å². The lowest BCUT2D eigenvalue weighted by Crippen LogP contribution is -2.51. The fraction of sp³-hybridized carbons (Fsp3) is 0.562. The molecule has 1 aromatic rings. The zero-order valence-electron chi connectivity index (χ0n) is 11.6. The number of esters is 1. The van der Waals surface area contributed by atoms with Gasteiger partial charge in [-0.25, -0.2) is 4.79 Å². The first-order valence-corrected chi connectivity index (χ1v) is 7.07. The third kappa shape index (κ3) is 2.01. The van der Waals surface area contributed by atoms with E-state index in [1.165, 1.54) is 19.1 Å². The summed E-state index contributed by atoms with van der Waals surface area (Å²) in [7, 11) is 1.49. The van der Waals surface area contributed by atoms with Crippen molar-refractivity contribution in [1.29, 1.82) is 0 Å². The van der Waals surface area contributed by atoms with Crippen LogP contribution < -0.4 is 5.32 Å². The van der Waals surface area contributed by atoms with E-state index >= 15 is 0 Å². The third-order valence-corrected chi connectivity index (χ3v) is 4.78. The fourth-order valence-electron chi connectivity index (χ4n) is 3.95. The largest absolute Gasteiger partial charge is 0.467 e. The van der Waals surface area contributed by atoms with Gasteiger partial charge in [-0.15, -0.1) is 0 Å². The van der Waals surface area contributed by atoms with Gasteiger partial charge in [0, 0.05) is 5.69 Å². The first-order valence-electron chi connectivity index (χ1n) is 7.07. The van der Waals surface area contributed by atoms with E-state index in [9.17, 15) is 4.79 Å². The minimum absolute atomic E-state index is 0.0961. The number of carbonyl (C=O) groups excluding carboxylic acids is 1. The molecule has 0 heterocycles. The molecule has 3 unspecified atom stereocenters. The zero-order valence-corrected chi connectivity index (χ0v) is 11.6. The summed E-state index contributed by atoms with van der Waals surface area (Å²) in [5.74, 6) is 1.01. The van der Waals surface area contributed by atoms with E-state index in [1.807, 2.05) is 12.1 Å². The van der Waals surface area contributed by atoms with Crippen molar-refractivity contribution in [1.82, 2.24) is 0 Å². The molecule has 0 saturated heterocycles. The minimum atomic E-state index is -0.495. The van der Waals surface area contributed by atoms with Crippen LogP contribution in [0.15, 0.2) is 24.3 Å². The topological polar surface area (TPSA) is 38.3 Å². The lowest BCUT2D eigenvalue weighted by Gasteiger charge is -2.36. The molecule has 0 amide bonds. The van der Waals surface area contributed by atoms with Crippen molar-refractivity contribution in [3.63, 3.8) is 0 Å². The highest BCUT2D eigenvalue weighted by molar-refractivity contribution is 5.85. The molecule has 0 aliphatic heterocycles. The second kappa shape index (κ2) is 4.55. The van der Waals surface area contributed by atoms with Crippen LogP contribution in [0.2, 0.25) is 0 Å². The predicted octanol–water partition coefficient (Wildman–Crippen LogP) is 3.14. The molecule has 3 nitrogen and oxygen atoms in total. The van der Waals surface area contributed by atoms with Crippen molar-refractivity contribution in [3.8, 4) is 0 Å². The number of aryl methyl sites for hydroxylation is 1. The molecule has 3 atom stereocenters. The van der Waals surface area contributed by atoms with Gasteiger partial charge in [-0.2, -0.15) is 0 Å². The summed E-state index contributed by atoms with van der Waals surface area (Å²) in [6.07, 6.45) is 4.48. The molecular formula is C16H21NO2. The molecule has 3 rings (SSSR count). The summed E-state index contributed by atoms with van der Waals surface area (Å²) in [5, 5.41) is 3.50. The monoisotopic (exact) mass is 259 g/mol. The van der Waals surface area contributed by atoms with Crippen LogP contribution in [0.1, 0.15) is 31.2 Å². The van der Waals surface area contributed by atoms with Crippen LogP contribution in [0.25, 0.3) is 0 Å². The van der Waals surface area contributed by atoms with Crippen molar-refractivity contribution in [2.75, 3.05) is 12.4 Å². The Morgan fingerprint density at radius 3 is 2.84 bits per heavy atom. The number of benzene rings is 1. The van der Waals surface area contributed by atoms with Crippen molar-refractivity contribution in [3.05, 3.63) is 29.8 Å². The number of hydrogen-bond donors (Lipinski definition) is 1. The Balaban J connectivity index is 1.91. The SMILES string of the molecule is COC(=O)C1(Nc2cccc(C)c2)CC2CCC1C2. The number of ether oxygens (including phenoxy) is 1. The Morgan fingerprint density at radius 2 is 2.26 bits per heavy atom. The molecule has 1 N–H and O–H groups in total. The summed E-state index contributed by atoms with van der Waals surface area (Å²) in [4.78, 5) is 12.3. The van der Waals surface area contributed by atoms with Crippen molar-refractivity contribution < 1.29 is 9.53 Å². The summed E-state index contributed by atoms with van der Waals surface area (Å²) in [6.45, 7) is 2.07. The Kier molecular flexibility index (Phi) is 3.00. The Bertz CT molecular complexity index is 499. The van der Waals surface area contributed by atoms with E-state index in [2.05, 4.69) is 24.4 Å². The fourth-order valence-corrected chi connectivity index (χ4v) is 3.95. The molecule has 0 radical (unpaired) electrons. The van der Waals surface area contributed by atoms with Gasteiger partial charge in [-0.3, -0.25) is 0 Å². The molecule has 2 bridgehead atoms. The zero-order chi connectivity index (χ0) is 13.5. The molecule has 19 heavy (non-hydrogen) atoms.